The molecule has 14 heavy (non-hydrogen) atoms. The van der Waals surface area contributed by atoms with Crippen LogP contribution >= 0.6 is 0 Å². The molecule has 5 nitrogen and oxygen atoms in total. The normalized spacial score (nSPS) is 50.1. The van der Waals surface area contributed by atoms with Crippen molar-refractivity contribution in [2.24, 2.45) is 0 Å². The second kappa shape index (κ2) is 3.75. The molecule has 5 atom stereocenters. The molecule has 2 aliphatic rings. The summed E-state index contributed by atoms with van der Waals surface area (Å²) in [6.07, 6.45) is -2.17. The molecule has 0 aliphatic carbocycles. The van der Waals surface area contributed by atoms with Gasteiger partial charge in [-0.25, -0.2) is 0 Å². The lowest BCUT2D eigenvalue weighted by molar-refractivity contribution is -0.169. The van der Waals surface area contributed by atoms with Crippen LogP contribution in [0.4, 0.5) is 0 Å². The third-order valence-electron chi connectivity index (χ3n) is 3.28. The Morgan fingerprint density at radius 3 is 2.36 bits per heavy atom. The van der Waals surface area contributed by atoms with E-state index >= 15 is 0 Å². The maximum atomic E-state index is 9.70. The Hall–Kier alpha value is -0.200. The van der Waals surface area contributed by atoms with E-state index in [9.17, 15) is 20.4 Å². The van der Waals surface area contributed by atoms with Crippen molar-refractivity contribution in [3.63, 3.8) is 0 Å². The van der Waals surface area contributed by atoms with Crippen molar-refractivity contribution < 1.29 is 20.4 Å². The molecule has 0 spiro atoms. The number of hydrogen-bond acceptors (Lipinski definition) is 5. The summed E-state index contributed by atoms with van der Waals surface area (Å²) < 4.78 is 0. The molecule has 0 saturated carbocycles. The molecule has 2 fully saturated rings. The SMILES string of the molecule is O[C@@H]1[C@H](O)CN2CCC[C@H](O)C2[C@H]1O. The van der Waals surface area contributed by atoms with Crippen molar-refractivity contribution in [2.45, 2.75) is 43.3 Å². The number of nitrogens with zero attached hydrogens (tertiary/aromatic N) is 1. The van der Waals surface area contributed by atoms with E-state index in [1.807, 2.05) is 4.90 Å². The molecule has 2 saturated heterocycles. The number of rotatable bonds is 0. The van der Waals surface area contributed by atoms with Crippen LogP contribution in [0.25, 0.3) is 0 Å². The summed E-state index contributed by atoms with van der Waals surface area (Å²) in [6, 6.07) is -0.415. The zero-order valence-electron chi connectivity index (χ0n) is 7.95. The second-order valence-electron chi connectivity index (χ2n) is 4.24. The number of fused-ring (bicyclic) bond motifs is 1. The average Bonchev–Trinajstić information content (AvgIpc) is 2.14. The maximum absolute atomic E-state index is 9.70. The molecule has 2 heterocycles. The second-order valence-corrected chi connectivity index (χ2v) is 4.24. The fourth-order valence-corrected chi connectivity index (χ4v) is 2.50. The molecule has 0 aromatic rings. The fourth-order valence-electron chi connectivity index (χ4n) is 2.50. The Morgan fingerprint density at radius 1 is 0.929 bits per heavy atom. The third kappa shape index (κ3) is 1.55. The minimum absolute atomic E-state index is 0.333. The first kappa shape index (κ1) is 10.3. The van der Waals surface area contributed by atoms with Gasteiger partial charge in [0, 0.05) is 6.54 Å². The van der Waals surface area contributed by atoms with Gasteiger partial charge < -0.3 is 20.4 Å². The number of aliphatic hydroxyl groups excluding tert-OH is 4. The molecule has 2 rings (SSSR count). The van der Waals surface area contributed by atoms with Gasteiger partial charge in [0.2, 0.25) is 0 Å². The molecule has 4 N–H and O–H groups in total. The van der Waals surface area contributed by atoms with E-state index in [0.717, 1.165) is 13.0 Å². The van der Waals surface area contributed by atoms with Gasteiger partial charge in [0.1, 0.15) is 12.2 Å². The molecule has 0 amide bonds. The largest absolute Gasteiger partial charge is 0.391 e. The molecule has 0 bridgehead atoms. The van der Waals surface area contributed by atoms with Gasteiger partial charge in [-0.05, 0) is 19.4 Å². The summed E-state index contributed by atoms with van der Waals surface area (Å²) in [5.74, 6) is 0. The molecule has 0 aromatic heterocycles. The van der Waals surface area contributed by atoms with E-state index in [1.165, 1.54) is 0 Å². The fraction of sp³-hybridized carbons (Fsp3) is 1.00. The van der Waals surface area contributed by atoms with Crippen molar-refractivity contribution in [3.05, 3.63) is 0 Å². The first-order valence-corrected chi connectivity index (χ1v) is 5.07. The predicted octanol–water partition coefficient (Wildman–Crippen LogP) is -2.09. The minimum atomic E-state index is -1.14. The summed E-state index contributed by atoms with van der Waals surface area (Å²) in [7, 11) is 0. The van der Waals surface area contributed by atoms with E-state index in [2.05, 4.69) is 0 Å². The lowest BCUT2D eigenvalue weighted by Crippen LogP contribution is -2.66. The maximum Gasteiger partial charge on any atom is 0.109 e. The third-order valence-corrected chi connectivity index (χ3v) is 3.28. The molecule has 82 valence electrons. The number of aliphatic hydroxyl groups is 4. The van der Waals surface area contributed by atoms with Crippen LogP contribution in [0.1, 0.15) is 12.8 Å². The van der Waals surface area contributed by atoms with Crippen LogP contribution in [0.3, 0.4) is 0 Å². The van der Waals surface area contributed by atoms with Crippen LogP contribution in [-0.2, 0) is 0 Å². The van der Waals surface area contributed by atoms with E-state index in [1.54, 1.807) is 0 Å². The Bertz CT molecular complexity index is 211. The zero-order valence-corrected chi connectivity index (χ0v) is 7.95. The predicted molar refractivity (Wildman–Crippen MR) is 48.6 cm³/mol. The monoisotopic (exact) mass is 203 g/mol. The first-order valence-electron chi connectivity index (χ1n) is 5.07. The average molecular weight is 203 g/mol. The summed E-state index contributed by atoms with van der Waals surface area (Å²) >= 11 is 0. The Balaban J connectivity index is 2.14. The molecule has 0 aromatic carbocycles. The first-order chi connectivity index (χ1) is 6.61. The summed E-state index contributed by atoms with van der Waals surface area (Å²) in [5, 5.41) is 38.3. The van der Waals surface area contributed by atoms with Gasteiger partial charge in [0.05, 0.1) is 18.2 Å². The van der Waals surface area contributed by atoms with Crippen molar-refractivity contribution in [1.29, 1.82) is 0 Å². The van der Waals surface area contributed by atoms with Gasteiger partial charge >= 0.3 is 0 Å². The highest BCUT2D eigenvalue weighted by atomic mass is 16.4. The van der Waals surface area contributed by atoms with Crippen LogP contribution in [0, 0.1) is 0 Å². The van der Waals surface area contributed by atoms with Crippen LogP contribution in [0.2, 0.25) is 0 Å². The van der Waals surface area contributed by atoms with Gasteiger partial charge in [-0.2, -0.15) is 0 Å². The summed E-state index contributed by atoms with van der Waals surface area (Å²) in [5.41, 5.74) is 0. The van der Waals surface area contributed by atoms with E-state index in [-0.39, 0.29) is 0 Å². The lowest BCUT2D eigenvalue weighted by Gasteiger charge is -2.48. The Kier molecular flexibility index (Phi) is 2.77. The lowest BCUT2D eigenvalue weighted by atomic mass is 9.86. The Labute approximate surface area is 82.6 Å². The van der Waals surface area contributed by atoms with Crippen molar-refractivity contribution in [1.82, 2.24) is 4.90 Å². The van der Waals surface area contributed by atoms with Gasteiger partial charge in [0.25, 0.3) is 0 Å². The number of piperidine rings is 2. The topological polar surface area (TPSA) is 84.2 Å². The van der Waals surface area contributed by atoms with Crippen molar-refractivity contribution >= 4 is 0 Å². The highest BCUT2D eigenvalue weighted by Crippen LogP contribution is 2.27. The Morgan fingerprint density at radius 2 is 1.64 bits per heavy atom. The highest BCUT2D eigenvalue weighted by molar-refractivity contribution is 4.99. The standard InChI is InChI=1S/C9H17NO4/c11-5-2-1-3-10-4-6(12)8(13)9(14)7(5)10/h5-9,11-14H,1-4H2/t5-,6+,7?,8+,9+/m0/s1. The minimum Gasteiger partial charge on any atom is -0.391 e. The van der Waals surface area contributed by atoms with Crippen LogP contribution in [0.15, 0.2) is 0 Å². The smallest absolute Gasteiger partial charge is 0.109 e. The molecule has 0 radical (unpaired) electrons. The van der Waals surface area contributed by atoms with Gasteiger partial charge in [-0.3, -0.25) is 4.90 Å². The van der Waals surface area contributed by atoms with Crippen LogP contribution in [0.5, 0.6) is 0 Å². The van der Waals surface area contributed by atoms with Crippen molar-refractivity contribution in [3.8, 4) is 0 Å². The molecule has 1 unspecified atom stereocenters. The molecular weight excluding hydrogens is 186 g/mol. The van der Waals surface area contributed by atoms with Crippen LogP contribution < -0.4 is 0 Å². The van der Waals surface area contributed by atoms with E-state index < -0.39 is 30.5 Å². The summed E-state index contributed by atoms with van der Waals surface area (Å²) in [6.45, 7) is 1.10. The number of hydrogen-bond donors (Lipinski definition) is 4. The van der Waals surface area contributed by atoms with Gasteiger partial charge in [-0.1, -0.05) is 0 Å². The highest BCUT2D eigenvalue weighted by Gasteiger charge is 2.45. The van der Waals surface area contributed by atoms with E-state index in [4.69, 9.17) is 0 Å². The van der Waals surface area contributed by atoms with Gasteiger partial charge in [-0.15, -0.1) is 0 Å². The zero-order chi connectivity index (χ0) is 10.3. The molecular formula is C9H17NO4. The summed E-state index contributed by atoms with van der Waals surface area (Å²) in [4.78, 5) is 1.86. The molecule has 5 heteroatoms. The van der Waals surface area contributed by atoms with Crippen molar-refractivity contribution in [2.75, 3.05) is 13.1 Å². The molecule has 2 aliphatic heterocycles. The van der Waals surface area contributed by atoms with Crippen LogP contribution in [-0.4, -0.2) is 68.9 Å². The quantitative estimate of drug-likeness (QED) is 0.363. The van der Waals surface area contributed by atoms with Gasteiger partial charge in [0.15, 0.2) is 0 Å². The van der Waals surface area contributed by atoms with E-state index in [0.29, 0.717) is 13.0 Å².